The molecule has 0 radical (unpaired) electrons. The quantitative estimate of drug-likeness (QED) is 0.582. The number of aryl methyl sites for hydroxylation is 1. The zero-order chi connectivity index (χ0) is 21.1. The van der Waals surface area contributed by atoms with Crippen LogP contribution in [0.1, 0.15) is 44.2 Å². The molecule has 2 aromatic carbocycles. The minimum atomic E-state index is -0.472. The van der Waals surface area contributed by atoms with E-state index in [-0.39, 0.29) is 11.8 Å². The third-order valence-corrected chi connectivity index (χ3v) is 4.76. The molecule has 2 aromatic rings. The van der Waals surface area contributed by atoms with Gasteiger partial charge in [0.15, 0.2) is 0 Å². The first kappa shape index (κ1) is 22.5. The molecule has 0 aliphatic heterocycles. The smallest absolute Gasteiger partial charge is 0.242 e. The Balaban J connectivity index is 1.98. The first-order chi connectivity index (χ1) is 14.0. The third kappa shape index (κ3) is 7.26. The average Bonchev–Trinajstić information content (AvgIpc) is 2.73. The molecular weight excluding hydrogens is 364 g/mol. The fourth-order valence-electron chi connectivity index (χ4n) is 3.18. The molecule has 0 bridgehead atoms. The predicted molar refractivity (Wildman–Crippen MR) is 116 cm³/mol. The highest BCUT2D eigenvalue weighted by Crippen LogP contribution is 2.15. The molecule has 2 amide bonds. The van der Waals surface area contributed by atoms with Gasteiger partial charge in [-0.05, 0) is 44.4 Å². The average molecular weight is 397 g/mol. The van der Waals surface area contributed by atoms with Gasteiger partial charge < -0.3 is 15.0 Å². The second kappa shape index (κ2) is 11.9. The van der Waals surface area contributed by atoms with Crippen molar-refractivity contribution in [2.45, 2.75) is 52.6 Å². The fraction of sp³-hybridized carbons (Fsp3) is 0.417. The maximum Gasteiger partial charge on any atom is 0.242 e. The highest BCUT2D eigenvalue weighted by molar-refractivity contribution is 5.87. The summed E-state index contributed by atoms with van der Waals surface area (Å²) in [5, 5.41) is 2.85. The summed E-state index contributed by atoms with van der Waals surface area (Å²) in [5.41, 5.74) is 2.19. The van der Waals surface area contributed by atoms with Crippen LogP contribution >= 0.6 is 0 Å². The van der Waals surface area contributed by atoms with Gasteiger partial charge >= 0.3 is 0 Å². The van der Waals surface area contributed by atoms with E-state index in [0.29, 0.717) is 39.0 Å². The van der Waals surface area contributed by atoms with E-state index in [4.69, 9.17) is 4.74 Å². The Bertz CT molecular complexity index is 759. The fourth-order valence-corrected chi connectivity index (χ4v) is 3.18. The Morgan fingerprint density at radius 1 is 1.03 bits per heavy atom. The molecule has 0 unspecified atom stereocenters. The van der Waals surface area contributed by atoms with E-state index < -0.39 is 6.04 Å². The maximum atomic E-state index is 13.0. The SMILES string of the molecule is CCNC(=O)[C@@H](CC)N(Cc1ccccc1)C(=O)CCCOc1ccc(C)cc1. The Kier molecular flexibility index (Phi) is 9.22. The molecule has 2 rings (SSSR count). The Morgan fingerprint density at radius 3 is 2.34 bits per heavy atom. The van der Waals surface area contributed by atoms with Gasteiger partial charge in [-0.3, -0.25) is 9.59 Å². The summed E-state index contributed by atoms with van der Waals surface area (Å²) in [4.78, 5) is 27.2. The lowest BCUT2D eigenvalue weighted by Gasteiger charge is -2.30. The van der Waals surface area contributed by atoms with Crippen molar-refractivity contribution in [3.05, 3.63) is 65.7 Å². The van der Waals surface area contributed by atoms with Gasteiger partial charge in [0.05, 0.1) is 6.61 Å². The Morgan fingerprint density at radius 2 is 1.72 bits per heavy atom. The Labute approximate surface area is 174 Å². The predicted octanol–water partition coefficient (Wildman–Crippen LogP) is 4.10. The second-order valence-electron chi connectivity index (χ2n) is 7.09. The van der Waals surface area contributed by atoms with Crippen molar-refractivity contribution in [2.75, 3.05) is 13.2 Å². The van der Waals surface area contributed by atoms with Gasteiger partial charge in [-0.25, -0.2) is 0 Å². The lowest BCUT2D eigenvalue weighted by atomic mass is 10.1. The number of likely N-dealkylation sites (N-methyl/N-ethyl adjacent to an activating group) is 1. The van der Waals surface area contributed by atoms with Crippen molar-refractivity contribution in [1.82, 2.24) is 10.2 Å². The lowest BCUT2D eigenvalue weighted by Crippen LogP contribution is -2.49. The van der Waals surface area contributed by atoms with Crippen LogP contribution in [0, 0.1) is 6.92 Å². The number of hydrogen-bond donors (Lipinski definition) is 1. The topological polar surface area (TPSA) is 58.6 Å². The molecule has 1 N–H and O–H groups in total. The molecule has 0 saturated carbocycles. The number of nitrogens with zero attached hydrogens (tertiary/aromatic N) is 1. The number of rotatable bonds is 11. The second-order valence-corrected chi connectivity index (χ2v) is 7.09. The van der Waals surface area contributed by atoms with Crippen molar-refractivity contribution >= 4 is 11.8 Å². The van der Waals surface area contributed by atoms with Crippen LogP contribution in [0.5, 0.6) is 5.75 Å². The van der Waals surface area contributed by atoms with Crippen LogP contribution in [0.2, 0.25) is 0 Å². The normalized spacial score (nSPS) is 11.6. The molecule has 5 nitrogen and oxygen atoms in total. The third-order valence-electron chi connectivity index (χ3n) is 4.76. The number of amides is 2. The summed E-state index contributed by atoms with van der Waals surface area (Å²) in [6.07, 6.45) is 1.52. The Hall–Kier alpha value is -2.82. The molecule has 0 aromatic heterocycles. The van der Waals surface area contributed by atoms with Crippen molar-refractivity contribution in [2.24, 2.45) is 0 Å². The summed E-state index contributed by atoms with van der Waals surface area (Å²) >= 11 is 0. The van der Waals surface area contributed by atoms with E-state index in [1.807, 2.05) is 75.4 Å². The summed E-state index contributed by atoms with van der Waals surface area (Å²) in [6.45, 7) is 7.29. The van der Waals surface area contributed by atoms with Crippen LogP contribution in [-0.2, 0) is 16.1 Å². The van der Waals surface area contributed by atoms with Gasteiger partial charge in [0.25, 0.3) is 0 Å². The zero-order valence-electron chi connectivity index (χ0n) is 17.7. The number of hydrogen-bond acceptors (Lipinski definition) is 3. The van der Waals surface area contributed by atoms with Crippen LogP contribution < -0.4 is 10.1 Å². The number of ether oxygens (including phenoxy) is 1. The maximum absolute atomic E-state index is 13.0. The van der Waals surface area contributed by atoms with Crippen LogP contribution in [0.15, 0.2) is 54.6 Å². The van der Waals surface area contributed by atoms with Gasteiger partial charge in [0, 0.05) is 19.5 Å². The summed E-state index contributed by atoms with van der Waals surface area (Å²) in [5.74, 6) is 0.674. The summed E-state index contributed by atoms with van der Waals surface area (Å²) in [6, 6.07) is 17.2. The van der Waals surface area contributed by atoms with Crippen molar-refractivity contribution in [3.63, 3.8) is 0 Å². The lowest BCUT2D eigenvalue weighted by molar-refractivity contribution is -0.141. The van der Waals surface area contributed by atoms with Crippen LogP contribution in [-0.4, -0.2) is 35.9 Å². The van der Waals surface area contributed by atoms with E-state index in [1.54, 1.807) is 4.90 Å². The van der Waals surface area contributed by atoms with Gasteiger partial charge in [-0.1, -0.05) is 55.0 Å². The van der Waals surface area contributed by atoms with Gasteiger partial charge in [0.1, 0.15) is 11.8 Å². The summed E-state index contributed by atoms with van der Waals surface area (Å²) in [7, 11) is 0. The molecule has 156 valence electrons. The van der Waals surface area contributed by atoms with E-state index in [0.717, 1.165) is 11.3 Å². The van der Waals surface area contributed by atoms with E-state index in [2.05, 4.69) is 5.32 Å². The highest BCUT2D eigenvalue weighted by Gasteiger charge is 2.27. The van der Waals surface area contributed by atoms with Gasteiger partial charge in [0.2, 0.25) is 11.8 Å². The summed E-state index contributed by atoms with van der Waals surface area (Å²) < 4.78 is 5.73. The molecule has 29 heavy (non-hydrogen) atoms. The van der Waals surface area contributed by atoms with Gasteiger partial charge in [-0.2, -0.15) is 0 Å². The molecule has 0 aliphatic rings. The standard InChI is InChI=1S/C24H32N2O3/c1-4-22(24(28)25-5-2)26(18-20-10-7-6-8-11-20)23(27)12-9-17-29-21-15-13-19(3)14-16-21/h6-8,10-11,13-16,22H,4-5,9,12,17-18H2,1-3H3,(H,25,28)/t22-/m1/s1. The first-order valence-corrected chi connectivity index (χ1v) is 10.4. The highest BCUT2D eigenvalue weighted by atomic mass is 16.5. The molecule has 0 fully saturated rings. The number of benzene rings is 2. The van der Waals surface area contributed by atoms with Gasteiger partial charge in [-0.15, -0.1) is 0 Å². The first-order valence-electron chi connectivity index (χ1n) is 10.4. The van der Waals surface area contributed by atoms with Crippen LogP contribution in [0.4, 0.5) is 0 Å². The minimum absolute atomic E-state index is 0.0283. The molecular formula is C24H32N2O3. The molecule has 1 atom stereocenters. The largest absolute Gasteiger partial charge is 0.494 e. The molecule has 0 aliphatic carbocycles. The molecule has 5 heteroatoms. The van der Waals surface area contributed by atoms with E-state index in [1.165, 1.54) is 5.56 Å². The minimum Gasteiger partial charge on any atom is -0.494 e. The number of carbonyl (C=O) groups is 2. The van der Waals surface area contributed by atoms with Crippen molar-refractivity contribution < 1.29 is 14.3 Å². The van der Waals surface area contributed by atoms with Crippen molar-refractivity contribution in [3.8, 4) is 5.75 Å². The number of carbonyl (C=O) groups excluding carboxylic acids is 2. The molecule has 0 spiro atoms. The number of nitrogens with one attached hydrogen (secondary N) is 1. The van der Waals surface area contributed by atoms with Crippen molar-refractivity contribution in [1.29, 1.82) is 0 Å². The van der Waals surface area contributed by atoms with E-state index >= 15 is 0 Å². The van der Waals surface area contributed by atoms with Crippen LogP contribution in [0.25, 0.3) is 0 Å². The molecule has 0 heterocycles. The van der Waals surface area contributed by atoms with E-state index in [9.17, 15) is 9.59 Å². The monoisotopic (exact) mass is 396 g/mol. The molecule has 0 saturated heterocycles. The zero-order valence-corrected chi connectivity index (χ0v) is 17.7. The van der Waals surface area contributed by atoms with Crippen LogP contribution in [0.3, 0.4) is 0 Å².